The smallest absolute Gasteiger partial charge is 0.0576 e. The van der Waals surface area contributed by atoms with Crippen molar-refractivity contribution >= 4 is 11.8 Å². The summed E-state index contributed by atoms with van der Waals surface area (Å²) in [6.45, 7) is 0.951. The average Bonchev–Trinajstić information content (AvgIpc) is 2.92. The number of nitrogens with two attached hydrogens (primary N) is 1. The first-order valence-electron chi connectivity index (χ1n) is 6.80. The van der Waals surface area contributed by atoms with E-state index in [4.69, 9.17) is 10.5 Å². The molecular weight excluding hydrogens is 242 g/mol. The first kappa shape index (κ1) is 13.9. The average molecular weight is 265 g/mol. The maximum atomic E-state index is 6.22. The van der Waals surface area contributed by atoms with E-state index < -0.39 is 0 Å². The van der Waals surface area contributed by atoms with Crippen molar-refractivity contribution < 1.29 is 4.74 Å². The maximum absolute atomic E-state index is 6.22. The van der Waals surface area contributed by atoms with Gasteiger partial charge in [-0.25, -0.2) is 0 Å². The molecule has 1 saturated heterocycles. The van der Waals surface area contributed by atoms with E-state index in [9.17, 15) is 0 Å². The molecule has 1 heterocycles. The van der Waals surface area contributed by atoms with Crippen LogP contribution in [-0.2, 0) is 4.74 Å². The van der Waals surface area contributed by atoms with Crippen LogP contribution in [-0.4, -0.2) is 19.0 Å². The minimum atomic E-state index is 0.169. The fourth-order valence-corrected chi connectivity index (χ4v) is 2.86. The van der Waals surface area contributed by atoms with Crippen molar-refractivity contribution in [2.45, 2.75) is 49.1 Å². The monoisotopic (exact) mass is 265 g/mol. The van der Waals surface area contributed by atoms with Crippen molar-refractivity contribution in [3.8, 4) is 0 Å². The second-order valence-electron chi connectivity index (χ2n) is 4.95. The minimum Gasteiger partial charge on any atom is -0.378 e. The standard InChI is InChI=1S/C15H23NOS/c1-18-14-9-7-12(8-10-14)15(16)6-2-4-13-5-3-11-17-13/h7-10,13,15H,2-6,11,16H2,1H3. The number of thioether (sulfide) groups is 1. The van der Waals surface area contributed by atoms with E-state index in [1.807, 2.05) is 0 Å². The van der Waals surface area contributed by atoms with Gasteiger partial charge in [-0.3, -0.25) is 0 Å². The lowest BCUT2D eigenvalue weighted by molar-refractivity contribution is 0.101. The van der Waals surface area contributed by atoms with Gasteiger partial charge in [0.05, 0.1) is 6.10 Å². The maximum Gasteiger partial charge on any atom is 0.0576 e. The number of hydrogen-bond donors (Lipinski definition) is 1. The van der Waals surface area contributed by atoms with E-state index in [1.165, 1.54) is 23.3 Å². The summed E-state index contributed by atoms with van der Waals surface area (Å²) in [5.41, 5.74) is 7.47. The van der Waals surface area contributed by atoms with Gasteiger partial charge in [-0.2, -0.15) is 0 Å². The zero-order valence-electron chi connectivity index (χ0n) is 11.1. The Morgan fingerprint density at radius 1 is 1.39 bits per heavy atom. The molecule has 1 fully saturated rings. The molecule has 2 N–H and O–H groups in total. The van der Waals surface area contributed by atoms with E-state index in [-0.39, 0.29) is 6.04 Å². The second kappa shape index (κ2) is 7.17. The third kappa shape index (κ3) is 4.01. The molecule has 0 aliphatic carbocycles. The Labute approximate surface area is 114 Å². The predicted molar refractivity (Wildman–Crippen MR) is 78.0 cm³/mol. The molecule has 1 aromatic rings. The summed E-state index contributed by atoms with van der Waals surface area (Å²) in [4.78, 5) is 1.30. The van der Waals surface area contributed by atoms with E-state index in [2.05, 4.69) is 30.5 Å². The van der Waals surface area contributed by atoms with Crippen molar-refractivity contribution in [1.29, 1.82) is 0 Å². The number of hydrogen-bond acceptors (Lipinski definition) is 3. The summed E-state index contributed by atoms with van der Waals surface area (Å²) in [5.74, 6) is 0. The first-order chi connectivity index (χ1) is 8.79. The van der Waals surface area contributed by atoms with Crippen LogP contribution in [0.3, 0.4) is 0 Å². The lowest BCUT2D eigenvalue weighted by Crippen LogP contribution is -2.12. The lowest BCUT2D eigenvalue weighted by Gasteiger charge is -2.14. The van der Waals surface area contributed by atoms with Crippen molar-refractivity contribution in [2.24, 2.45) is 5.73 Å². The van der Waals surface area contributed by atoms with E-state index in [0.29, 0.717) is 6.10 Å². The van der Waals surface area contributed by atoms with Crippen molar-refractivity contribution in [2.75, 3.05) is 12.9 Å². The summed E-state index contributed by atoms with van der Waals surface area (Å²) in [6.07, 6.45) is 8.43. The number of benzene rings is 1. The van der Waals surface area contributed by atoms with Gasteiger partial charge in [0.25, 0.3) is 0 Å². The van der Waals surface area contributed by atoms with Crippen LogP contribution in [0.4, 0.5) is 0 Å². The quantitative estimate of drug-likeness (QED) is 0.795. The van der Waals surface area contributed by atoms with Gasteiger partial charge in [0.1, 0.15) is 0 Å². The van der Waals surface area contributed by atoms with Crippen LogP contribution in [0.1, 0.15) is 43.7 Å². The Morgan fingerprint density at radius 3 is 2.78 bits per heavy atom. The summed E-state index contributed by atoms with van der Waals surface area (Å²) in [7, 11) is 0. The van der Waals surface area contributed by atoms with Crippen LogP contribution in [0.25, 0.3) is 0 Å². The highest BCUT2D eigenvalue weighted by Gasteiger charge is 2.15. The highest BCUT2D eigenvalue weighted by molar-refractivity contribution is 7.98. The molecule has 18 heavy (non-hydrogen) atoms. The van der Waals surface area contributed by atoms with Gasteiger partial charge in [-0.05, 0) is 56.1 Å². The fourth-order valence-electron chi connectivity index (χ4n) is 2.46. The highest BCUT2D eigenvalue weighted by Crippen LogP contribution is 2.23. The molecule has 0 saturated carbocycles. The molecule has 0 aromatic heterocycles. The van der Waals surface area contributed by atoms with Crippen molar-refractivity contribution in [1.82, 2.24) is 0 Å². The molecule has 2 nitrogen and oxygen atoms in total. The second-order valence-corrected chi connectivity index (χ2v) is 5.83. The number of rotatable bonds is 6. The number of ether oxygens (including phenoxy) is 1. The van der Waals surface area contributed by atoms with E-state index in [1.54, 1.807) is 11.8 Å². The van der Waals surface area contributed by atoms with Crippen molar-refractivity contribution in [3.05, 3.63) is 29.8 Å². The molecular formula is C15H23NOS. The molecule has 0 amide bonds. The normalized spacial score (nSPS) is 21.1. The first-order valence-corrected chi connectivity index (χ1v) is 8.03. The Balaban J connectivity index is 1.74. The van der Waals surface area contributed by atoms with Crippen LogP contribution in [0, 0.1) is 0 Å². The molecule has 0 bridgehead atoms. The van der Waals surface area contributed by atoms with Crippen LogP contribution in [0.5, 0.6) is 0 Å². The van der Waals surface area contributed by atoms with Crippen LogP contribution >= 0.6 is 11.8 Å². The zero-order chi connectivity index (χ0) is 12.8. The lowest BCUT2D eigenvalue weighted by atomic mass is 10.00. The summed E-state index contributed by atoms with van der Waals surface area (Å²) in [5, 5.41) is 0. The zero-order valence-corrected chi connectivity index (χ0v) is 11.9. The Kier molecular flexibility index (Phi) is 5.54. The van der Waals surface area contributed by atoms with E-state index in [0.717, 1.165) is 25.9 Å². The molecule has 3 heteroatoms. The SMILES string of the molecule is CSc1ccc(C(N)CCCC2CCCO2)cc1. The Morgan fingerprint density at radius 2 is 2.17 bits per heavy atom. The third-order valence-corrected chi connectivity index (χ3v) is 4.35. The van der Waals surface area contributed by atoms with Gasteiger partial charge < -0.3 is 10.5 Å². The minimum absolute atomic E-state index is 0.169. The summed E-state index contributed by atoms with van der Waals surface area (Å²) >= 11 is 1.77. The van der Waals surface area contributed by atoms with Gasteiger partial charge in [0.2, 0.25) is 0 Å². The third-order valence-electron chi connectivity index (χ3n) is 3.61. The molecule has 1 aromatic carbocycles. The molecule has 2 atom stereocenters. The van der Waals surface area contributed by atoms with Crippen LogP contribution in [0.15, 0.2) is 29.2 Å². The molecule has 0 radical (unpaired) electrons. The van der Waals surface area contributed by atoms with E-state index >= 15 is 0 Å². The molecule has 0 spiro atoms. The van der Waals surface area contributed by atoms with Gasteiger partial charge in [0.15, 0.2) is 0 Å². The van der Waals surface area contributed by atoms with Gasteiger partial charge in [-0.15, -0.1) is 11.8 Å². The van der Waals surface area contributed by atoms with Crippen molar-refractivity contribution in [3.63, 3.8) is 0 Å². The summed E-state index contributed by atoms with van der Waals surface area (Å²) < 4.78 is 5.63. The fraction of sp³-hybridized carbons (Fsp3) is 0.600. The van der Waals surface area contributed by atoms with Gasteiger partial charge in [-0.1, -0.05) is 12.1 Å². The Hall–Kier alpha value is -0.510. The van der Waals surface area contributed by atoms with Gasteiger partial charge >= 0.3 is 0 Å². The van der Waals surface area contributed by atoms with Gasteiger partial charge in [0, 0.05) is 17.5 Å². The molecule has 1 aliphatic heterocycles. The molecule has 1 aliphatic rings. The molecule has 2 rings (SSSR count). The topological polar surface area (TPSA) is 35.2 Å². The largest absolute Gasteiger partial charge is 0.378 e. The highest BCUT2D eigenvalue weighted by atomic mass is 32.2. The summed E-state index contributed by atoms with van der Waals surface area (Å²) in [6, 6.07) is 8.78. The molecule has 100 valence electrons. The van der Waals surface area contributed by atoms with Crippen LogP contribution in [0.2, 0.25) is 0 Å². The predicted octanol–water partition coefficient (Wildman–Crippen LogP) is 3.76. The Bertz CT molecular complexity index is 346. The molecule has 2 unspecified atom stereocenters. The van der Waals surface area contributed by atoms with Crippen LogP contribution < -0.4 is 5.73 Å².